The molecule has 0 bridgehead atoms. The van der Waals surface area contributed by atoms with Crippen LogP contribution in [0.3, 0.4) is 0 Å². The molecule has 170 valence electrons. The SMILES string of the molecule is CCc1nccn1CCC(=O)NC[C@@H]1CC[C@H](CC(=O)NC)N1C.O=CO.O=CO. The Bertz CT molecular complexity index is 645. The number of aryl methyl sites for hydroxylation is 2. The third-order valence-corrected chi connectivity index (χ3v) is 4.92. The molecule has 1 aromatic heterocycles. The van der Waals surface area contributed by atoms with Crippen molar-refractivity contribution in [3.63, 3.8) is 0 Å². The van der Waals surface area contributed by atoms with Crippen LogP contribution >= 0.6 is 0 Å². The van der Waals surface area contributed by atoms with Gasteiger partial charge in [0.25, 0.3) is 12.9 Å². The number of likely N-dealkylation sites (tertiary alicyclic amines) is 1. The summed E-state index contributed by atoms with van der Waals surface area (Å²) < 4.78 is 2.03. The average molecular weight is 428 g/mol. The molecular formula is C19H33N5O6. The summed E-state index contributed by atoms with van der Waals surface area (Å²) >= 11 is 0. The normalized spacial score (nSPS) is 17.6. The lowest BCUT2D eigenvalue weighted by molar-refractivity contribution is -0.123. The lowest BCUT2D eigenvalue weighted by Crippen LogP contribution is -2.42. The van der Waals surface area contributed by atoms with Gasteiger partial charge in [0.05, 0.1) is 0 Å². The number of carbonyl (C=O) groups excluding carboxylic acids is 2. The van der Waals surface area contributed by atoms with Gasteiger partial charge in [-0.3, -0.25) is 24.1 Å². The van der Waals surface area contributed by atoms with E-state index in [9.17, 15) is 9.59 Å². The van der Waals surface area contributed by atoms with Crippen LogP contribution in [0.2, 0.25) is 0 Å². The first-order valence-electron chi connectivity index (χ1n) is 9.73. The number of amides is 2. The highest BCUT2D eigenvalue weighted by Gasteiger charge is 2.31. The minimum absolute atomic E-state index is 0.0638. The van der Waals surface area contributed by atoms with Gasteiger partial charge in [-0.25, -0.2) is 4.98 Å². The lowest BCUT2D eigenvalue weighted by Gasteiger charge is -2.25. The Labute approximate surface area is 176 Å². The van der Waals surface area contributed by atoms with E-state index in [-0.39, 0.29) is 30.8 Å². The second-order valence-corrected chi connectivity index (χ2v) is 6.58. The van der Waals surface area contributed by atoms with E-state index < -0.39 is 0 Å². The zero-order chi connectivity index (χ0) is 22.9. The number of carboxylic acid groups (broad SMARTS) is 2. The number of aromatic nitrogens is 2. The van der Waals surface area contributed by atoms with Crippen molar-refractivity contribution in [3.8, 4) is 0 Å². The van der Waals surface area contributed by atoms with E-state index in [1.54, 1.807) is 13.2 Å². The molecule has 0 radical (unpaired) electrons. The minimum atomic E-state index is -0.250. The van der Waals surface area contributed by atoms with Crippen molar-refractivity contribution in [1.82, 2.24) is 25.1 Å². The number of hydrogen-bond acceptors (Lipinski definition) is 6. The molecule has 2 heterocycles. The Morgan fingerprint density at radius 3 is 2.37 bits per heavy atom. The molecule has 1 aliphatic rings. The summed E-state index contributed by atoms with van der Waals surface area (Å²) in [5.41, 5.74) is 0. The average Bonchev–Trinajstić information content (AvgIpc) is 3.32. The summed E-state index contributed by atoms with van der Waals surface area (Å²) in [6.07, 6.45) is 7.56. The fraction of sp³-hybridized carbons (Fsp3) is 0.632. The van der Waals surface area contributed by atoms with Crippen LogP contribution in [0.25, 0.3) is 0 Å². The second kappa shape index (κ2) is 15.9. The molecule has 0 aliphatic carbocycles. The largest absolute Gasteiger partial charge is 0.483 e. The van der Waals surface area contributed by atoms with Gasteiger partial charge in [0.2, 0.25) is 11.8 Å². The Morgan fingerprint density at radius 2 is 1.80 bits per heavy atom. The van der Waals surface area contributed by atoms with Gasteiger partial charge in [0.15, 0.2) is 0 Å². The third kappa shape index (κ3) is 10.0. The Morgan fingerprint density at radius 1 is 1.20 bits per heavy atom. The van der Waals surface area contributed by atoms with E-state index >= 15 is 0 Å². The molecule has 0 aromatic carbocycles. The third-order valence-electron chi connectivity index (χ3n) is 4.92. The van der Waals surface area contributed by atoms with Gasteiger partial charge < -0.3 is 25.4 Å². The number of hydrogen-bond donors (Lipinski definition) is 4. The summed E-state index contributed by atoms with van der Waals surface area (Å²) in [7, 11) is 3.70. The maximum absolute atomic E-state index is 12.1. The van der Waals surface area contributed by atoms with Gasteiger partial charge in [0, 0.05) is 63.9 Å². The van der Waals surface area contributed by atoms with Gasteiger partial charge in [-0.05, 0) is 19.9 Å². The van der Waals surface area contributed by atoms with Crippen LogP contribution in [-0.4, -0.2) is 82.1 Å². The van der Waals surface area contributed by atoms with Crippen LogP contribution in [0.1, 0.15) is 38.4 Å². The molecule has 0 spiro atoms. The summed E-state index contributed by atoms with van der Waals surface area (Å²) in [5.74, 6) is 1.15. The van der Waals surface area contributed by atoms with E-state index in [4.69, 9.17) is 19.8 Å². The van der Waals surface area contributed by atoms with Crippen molar-refractivity contribution in [2.24, 2.45) is 0 Å². The van der Waals surface area contributed by atoms with Gasteiger partial charge in [-0.1, -0.05) is 6.92 Å². The van der Waals surface area contributed by atoms with Crippen molar-refractivity contribution in [3.05, 3.63) is 18.2 Å². The Hall–Kier alpha value is -2.95. The first-order valence-corrected chi connectivity index (χ1v) is 9.73. The van der Waals surface area contributed by atoms with Crippen molar-refractivity contribution in [1.29, 1.82) is 0 Å². The summed E-state index contributed by atoms with van der Waals surface area (Å²) in [5, 5.41) is 19.5. The van der Waals surface area contributed by atoms with Crippen molar-refractivity contribution in [2.75, 3.05) is 20.6 Å². The molecule has 0 unspecified atom stereocenters. The van der Waals surface area contributed by atoms with E-state index in [0.717, 1.165) is 25.1 Å². The van der Waals surface area contributed by atoms with Crippen molar-refractivity contribution < 1.29 is 29.4 Å². The van der Waals surface area contributed by atoms with Crippen molar-refractivity contribution >= 4 is 24.8 Å². The molecule has 11 heteroatoms. The first kappa shape index (κ1) is 27.0. The van der Waals surface area contributed by atoms with Gasteiger partial charge in [-0.15, -0.1) is 0 Å². The van der Waals surface area contributed by atoms with Crippen LogP contribution in [-0.2, 0) is 32.1 Å². The second-order valence-electron chi connectivity index (χ2n) is 6.58. The fourth-order valence-electron chi connectivity index (χ4n) is 3.30. The lowest BCUT2D eigenvalue weighted by atomic mass is 10.1. The number of rotatable bonds is 8. The highest BCUT2D eigenvalue weighted by molar-refractivity contribution is 5.76. The molecule has 0 saturated carbocycles. The Balaban J connectivity index is 0.00000125. The van der Waals surface area contributed by atoms with Crippen LogP contribution in [0.5, 0.6) is 0 Å². The van der Waals surface area contributed by atoms with Crippen LogP contribution in [0.15, 0.2) is 12.4 Å². The van der Waals surface area contributed by atoms with Crippen LogP contribution in [0, 0.1) is 0 Å². The maximum Gasteiger partial charge on any atom is 0.290 e. The molecule has 1 aliphatic heterocycles. The molecule has 30 heavy (non-hydrogen) atoms. The molecule has 2 amide bonds. The fourth-order valence-corrected chi connectivity index (χ4v) is 3.30. The predicted octanol–water partition coefficient (Wildman–Crippen LogP) is -0.0477. The molecule has 2 rings (SSSR count). The summed E-state index contributed by atoms with van der Waals surface area (Å²) in [4.78, 5) is 46.8. The molecule has 1 aromatic rings. The van der Waals surface area contributed by atoms with E-state index in [1.807, 2.05) is 17.8 Å². The van der Waals surface area contributed by atoms with E-state index in [2.05, 4.69) is 27.4 Å². The summed E-state index contributed by atoms with van der Waals surface area (Å²) in [6.45, 7) is 2.86. The highest BCUT2D eigenvalue weighted by atomic mass is 16.3. The molecule has 2 atom stereocenters. The monoisotopic (exact) mass is 427 g/mol. The predicted molar refractivity (Wildman–Crippen MR) is 110 cm³/mol. The van der Waals surface area contributed by atoms with Gasteiger partial charge in [-0.2, -0.15) is 0 Å². The highest BCUT2D eigenvalue weighted by Crippen LogP contribution is 2.24. The number of carbonyl (C=O) groups is 4. The smallest absolute Gasteiger partial charge is 0.290 e. The van der Waals surface area contributed by atoms with Gasteiger partial charge >= 0.3 is 0 Å². The molecule has 11 nitrogen and oxygen atoms in total. The molecule has 1 fully saturated rings. The summed E-state index contributed by atoms with van der Waals surface area (Å²) in [6, 6.07) is 0.577. The number of nitrogens with one attached hydrogen (secondary N) is 2. The number of nitrogens with zero attached hydrogens (tertiary/aromatic N) is 3. The van der Waals surface area contributed by atoms with Crippen molar-refractivity contribution in [2.45, 2.75) is 57.7 Å². The van der Waals surface area contributed by atoms with E-state index in [1.165, 1.54) is 0 Å². The minimum Gasteiger partial charge on any atom is -0.483 e. The Kier molecular flexibility index (Phi) is 14.3. The molecular weight excluding hydrogens is 394 g/mol. The molecule has 4 N–H and O–H groups in total. The standard InChI is InChI=1S/C17H29N5O2.2CH2O2/c1-4-15-19-8-10-22(15)9-7-16(23)20-12-14-6-5-13(21(14)3)11-17(24)18-2;2*2-1-3/h8,10,13-14H,4-7,9,11-12H2,1-3H3,(H,18,24)(H,20,23);2*1H,(H,2,3)/t13-,14+;;/m1../s1. The molecule has 1 saturated heterocycles. The number of imidazole rings is 1. The van der Waals surface area contributed by atoms with E-state index in [0.29, 0.717) is 32.0 Å². The van der Waals surface area contributed by atoms with Crippen LogP contribution in [0.4, 0.5) is 0 Å². The van der Waals surface area contributed by atoms with Crippen LogP contribution < -0.4 is 10.6 Å². The quantitative estimate of drug-likeness (QED) is 0.421. The topological polar surface area (TPSA) is 154 Å². The maximum atomic E-state index is 12.1. The number of likely N-dealkylation sites (N-methyl/N-ethyl adjacent to an activating group) is 1. The van der Waals surface area contributed by atoms with Gasteiger partial charge in [0.1, 0.15) is 5.82 Å². The first-order chi connectivity index (χ1) is 14.4. The zero-order valence-corrected chi connectivity index (χ0v) is 17.8. The zero-order valence-electron chi connectivity index (χ0n) is 17.8.